The van der Waals surface area contributed by atoms with Crippen LogP contribution in [0.4, 0.5) is 4.79 Å². The molecule has 2 amide bonds. The molecule has 5 nitrogen and oxygen atoms in total. The lowest BCUT2D eigenvalue weighted by Gasteiger charge is -2.38. The van der Waals surface area contributed by atoms with Gasteiger partial charge < -0.3 is 14.5 Å². The molecule has 2 aliphatic heterocycles. The maximum atomic E-state index is 12.4. The topological polar surface area (TPSA) is 36.0 Å². The molecule has 0 saturated carbocycles. The molecule has 2 fully saturated rings. The minimum atomic E-state index is 0.169. The van der Waals surface area contributed by atoms with Crippen LogP contribution < -0.4 is 0 Å². The molecular formula is C17H24ClN3O2. The summed E-state index contributed by atoms with van der Waals surface area (Å²) >= 11 is 6.02. The molecule has 6 heteroatoms. The van der Waals surface area contributed by atoms with Crippen molar-refractivity contribution in [2.75, 3.05) is 59.0 Å². The highest BCUT2D eigenvalue weighted by atomic mass is 35.5. The Bertz CT molecular complexity index is 526. The van der Waals surface area contributed by atoms with E-state index < -0.39 is 0 Å². The van der Waals surface area contributed by atoms with E-state index in [1.807, 2.05) is 28.0 Å². The molecule has 0 aliphatic carbocycles. The van der Waals surface area contributed by atoms with E-state index in [4.69, 9.17) is 16.3 Å². The van der Waals surface area contributed by atoms with Crippen LogP contribution in [0.15, 0.2) is 24.3 Å². The summed E-state index contributed by atoms with van der Waals surface area (Å²) in [4.78, 5) is 18.7. The van der Waals surface area contributed by atoms with Crippen molar-refractivity contribution in [3.63, 3.8) is 0 Å². The number of carbonyl (C=O) groups is 1. The average molecular weight is 338 g/mol. The smallest absolute Gasteiger partial charge is 0.320 e. The minimum Gasteiger partial charge on any atom is -0.378 e. The SMILES string of the molecule is O=C(N1CCOCC1)N1CCN(CCc2cccc(Cl)c2)CC1. The summed E-state index contributed by atoms with van der Waals surface area (Å²) in [5.74, 6) is 0. The Morgan fingerprint density at radius 1 is 1.04 bits per heavy atom. The van der Waals surface area contributed by atoms with Crippen LogP contribution in [-0.2, 0) is 11.2 Å². The summed E-state index contributed by atoms with van der Waals surface area (Å²) in [5.41, 5.74) is 1.27. The number of hydrogen-bond acceptors (Lipinski definition) is 3. The first-order valence-electron chi connectivity index (χ1n) is 8.31. The Labute approximate surface area is 142 Å². The Balaban J connectivity index is 1.42. The van der Waals surface area contributed by atoms with Crippen molar-refractivity contribution >= 4 is 17.6 Å². The van der Waals surface area contributed by atoms with Crippen molar-refractivity contribution in [3.05, 3.63) is 34.9 Å². The fourth-order valence-corrected chi connectivity index (χ4v) is 3.31. The summed E-state index contributed by atoms with van der Waals surface area (Å²) in [6.45, 7) is 7.27. The van der Waals surface area contributed by atoms with Gasteiger partial charge in [0, 0.05) is 50.8 Å². The number of nitrogens with zero attached hydrogens (tertiary/aromatic N) is 3. The molecule has 1 aromatic rings. The third kappa shape index (κ3) is 4.59. The van der Waals surface area contributed by atoms with Gasteiger partial charge in [-0.05, 0) is 24.1 Å². The highest BCUT2D eigenvalue weighted by Crippen LogP contribution is 2.13. The molecular weight excluding hydrogens is 314 g/mol. The highest BCUT2D eigenvalue weighted by Gasteiger charge is 2.26. The van der Waals surface area contributed by atoms with Crippen molar-refractivity contribution < 1.29 is 9.53 Å². The van der Waals surface area contributed by atoms with E-state index >= 15 is 0 Å². The van der Waals surface area contributed by atoms with Gasteiger partial charge in [0.2, 0.25) is 0 Å². The number of morpholine rings is 1. The molecule has 2 aliphatic rings. The number of rotatable bonds is 3. The van der Waals surface area contributed by atoms with Crippen molar-refractivity contribution in [2.24, 2.45) is 0 Å². The number of hydrogen-bond donors (Lipinski definition) is 0. The van der Waals surface area contributed by atoms with E-state index in [0.29, 0.717) is 26.3 Å². The van der Waals surface area contributed by atoms with Gasteiger partial charge in [-0.1, -0.05) is 23.7 Å². The fourth-order valence-electron chi connectivity index (χ4n) is 3.10. The van der Waals surface area contributed by atoms with Crippen LogP contribution in [0.1, 0.15) is 5.56 Å². The molecule has 0 aromatic heterocycles. The Hall–Kier alpha value is -1.30. The van der Waals surface area contributed by atoms with Gasteiger partial charge in [0.1, 0.15) is 0 Å². The van der Waals surface area contributed by atoms with Crippen molar-refractivity contribution in [3.8, 4) is 0 Å². The molecule has 0 N–H and O–H groups in total. The van der Waals surface area contributed by atoms with E-state index in [9.17, 15) is 4.79 Å². The maximum Gasteiger partial charge on any atom is 0.320 e. The first-order valence-corrected chi connectivity index (χ1v) is 8.68. The molecule has 0 radical (unpaired) electrons. The molecule has 3 rings (SSSR count). The van der Waals surface area contributed by atoms with Gasteiger partial charge in [0.15, 0.2) is 0 Å². The molecule has 0 unspecified atom stereocenters. The third-order valence-corrected chi connectivity index (χ3v) is 4.77. The zero-order valence-electron chi connectivity index (χ0n) is 13.4. The molecule has 2 saturated heterocycles. The number of amides is 2. The third-order valence-electron chi connectivity index (χ3n) is 4.53. The van der Waals surface area contributed by atoms with Gasteiger partial charge in [0.25, 0.3) is 0 Å². The lowest BCUT2D eigenvalue weighted by atomic mass is 10.1. The summed E-state index contributed by atoms with van der Waals surface area (Å²) < 4.78 is 5.31. The van der Waals surface area contributed by atoms with Crippen molar-refractivity contribution in [2.45, 2.75) is 6.42 Å². The lowest BCUT2D eigenvalue weighted by molar-refractivity contribution is 0.0378. The van der Waals surface area contributed by atoms with Gasteiger partial charge in [-0.15, -0.1) is 0 Å². The first-order chi connectivity index (χ1) is 11.2. The number of carbonyl (C=O) groups excluding carboxylic acids is 1. The van der Waals surface area contributed by atoms with Gasteiger partial charge in [-0.2, -0.15) is 0 Å². The minimum absolute atomic E-state index is 0.169. The molecule has 23 heavy (non-hydrogen) atoms. The highest BCUT2D eigenvalue weighted by molar-refractivity contribution is 6.30. The average Bonchev–Trinajstić information content (AvgIpc) is 2.61. The van der Waals surface area contributed by atoms with Gasteiger partial charge in [-0.3, -0.25) is 4.90 Å². The van der Waals surface area contributed by atoms with Gasteiger partial charge >= 0.3 is 6.03 Å². The molecule has 0 bridgehead atoms. The van der Waals surface area contributed by atoms with Crippen LogP contribution in [0.5, 0.6) is 0 Å². The summed E-state index contributed by atoms with van der Waals surface area (Å²) in [7, 11) is 0. The predicted molar refractivity (Wildman–Crippen MR) is 91.0 cm³/mol. The number of halogens is 1. The van der Waals surface area contributed by atoms with E-state index in [0.717, 1.165) is 44.2 Å². The van der Waals surface area contributed by atoms with Crippen molar-refractivity contribution in [1.29, 1.82) is 0 Å². The molecule has 2 heterocycles. The van der Waals surface area contributed by atoms with Crippen LogP contribution in [0.3, 0.4) is 0 Å². The maximum absolute atomic E-state index is 12.4. The molecule has 0 spiro atoms. The zero-order valence-corrected chi connectivity index (χ0v) is 14.2. The van der Waals surface area contributed by atoms with Crippen LogP contribution in [0.2, 0.25) is 5.02 Å². The standard InChI is InChI=1S/C17H24ClN3O2/c18-16-3-1-2-15(14-16)4-5-19-6-8-20(9-7-19)17(22)21-10-12-23-13-11-21/h1-3,14H,4-13H2. The second-order valence-corrected chi connectivity index (χ2v) is 6.53. The Morgan fingerprint density at radius 3 is 2.43 bits per heavy atom. The van der Waals surface area contributed by atoms with Gasteiger partial charge in [0.05, 0.1) is 13.2 Å². The Kier molecular flexibility index (Phi) is 5.75. The summed E-state index contributed by atoms with van der Waals surface area (Å²) in [6, 6.07) is 8.21. The quantitative estimate of drug-likeness (QED) is 0.846. The first kappa shape index (κ1) is 16.6. The molecule has 1 aromatic carbocycles. The number of urea groups is 1. The van der Waals surface area contributed by atoms with E-state index in [-0.39, 0.29) is 6.03 Å². The molecule has 126 valence electrons. The van der Waals surface area contributed by atoms with Crippen LogP contribution >= 0.6 is 11.6 Å². The monoisotopic (exact) mass is 337 g/mol. The van der Waals surface area contributed by atoms with Crippen LogP contribution in [0, 0.1) is 0 Å². The number of ether oxygens (including phenoxy) is 1. The van der Waals surface area contributed by atoms with Crippen LogP contribution in [-0.4, -0.2) is 79.8 Å². The normalized spacial score (nSPS) is 19.9. The predicted octanol–water partition coefficient (Wildman–Crippen LogP) is 1.95. The van der Waals surface area contributed by atoms with E-state index in [2.05, 4.69) is 11.0 Å². The summed E-state index contributed by atoms with van der Waals surface area (Å²) in [5, 5.41) is 0.795. The van der Waals surface area contributed by atoms with Crippen molar-refractivity contribution in [1.82, 2.24) is 14.7 Å². The van der Waals surface area contributed by atoms with Gasteiger partial charge in [-0.25, -0.2) is 4.79 Å². The fraction of sp³-hybridized carbons (Fsp3) is 0.588. The lowest BCUT2D eigenvalue weighted by Crippen LogP contribution is -2.54. The van der Waals surface area contributed by atoms with E-state index in [1.165, 1.54) is 5.56 Å². The zero-order chi connectivity index (χ0) is 16.1. The number of benzene rings is 1. The Morgan fingerprint density at radius 2 is 1.74 bits per heavy atom. The number of piperazine rings is 1. The van der Waals surface area contributed by atoms with Crippen LogP contribution in [0.25, 0.3) is 0 Å². The van der Waals surface area contributed by atoms with E-state index in [1.54, 1.807) is 0 Å². The second kappa shape index (κ2) is 7.99. The largest absolute Gasteiger partial charge is 0.378 e. The molecule has 0 atom stereocenters. The second-order valence-electron chi connectivity index (χ2n) is 6.09. The summed E-state index contributed by atoms with van der Waals surface area (Å²) in [6.07, 6.45) is 0.998.